The van der Waals surface area contributed by atoms with Gasteiger partial charge in [-0.3, -0.25) is 9.69 Å². The molecule has 2 saturated heterocycles. The number of likely N-dealkylation sites (tertiary alicyclic amines) is 1. The van der Waals surface area contributed by atoms with Crippen molar-refractivity contribution >= 4 is 11.6 Å². The van der Waals surface area contributed by atoms with Gasteiger partial charge in [0, 0.05) is 38.4 Å². The number of halogens is 1. The van der Waals surface area contributed by atoms with Crippen molar-refractivity contribution in [1.82, 2.24) is 9.80 Å². The van der Waals surface area contributed by atoms with Crippen molar-refractivity contribution in [2.75, 3.05) is 37.6 Å². The summed E-state index contributed by atoms with van der Waals surface area (Å²) in [7, 11) is 0. The van der Waals surface area contributed by atoms with Crippen molar-refractivity contribution in [3.63, 3.8) is 0 Å². The van der Waals surface area contributed by atoms with Crippen molar-refractivity contribution < 1.29 is 9.18 Å². The van der Waals surface area contributed by atoms with Crippen LogP contribution in [0.1, 0.15) is 18.4 Å². The van der Waals surface area contributed by atoms with Gasteiger partial charge in [-0.1, -0.05) is 30.3 Å². The minimum Gasteiger partial charge on any atom is -0.368 e. The Morgan fingerprint density at radius 1 is 0.926 bits per heavy atom. The summed E-state index contributed by atoms with van der Waals surface area (Å²) < 4.78 is 13.1. The molecule has 4 nitrogen and oxygen atoms in total. The molecule has 0 aliphatic carbocycles. The zero-order valence-electron chi connectivity index (χ0n) is 15.6. The zero-order chi connectivity index (χ0) is 18.6. The fourth-order valence-electron chi connectivity index (χ4n) is 4.16. The van der Waals surface area contributed by atoms with E-state index in [0.717, 1.165) is 57.8 Å². The maximum atomic E-state index is 13.1. The molecule has 2 aliphatic rings. The van der Waals surface area contributed by atoms with E-state index in [0.29, 0.717) is 0 Å². The number of hydrogen-bond donors (Lipinski definition) is 0. The number of anilines is 1. The summed E-state index contributed by atoms with van der Waals surface area (Å²) >= 11 is 0. The number of hydrogen-bond acceptors (Lipinski definition) is 3. The first-order valence-electron chi connectivity index (χ1n) is 9.78. The molecule has 2 heterocycles. The van der Waals surface area contributed by atoms with E-state index in [1.807, 2.05) is 23.1 Å². The first-order valence-corrected chi connectivity index (χ1v) is 9.78. The van der Waals surface area contributed by atoms with Crippen LogP contribution in [0, 0.1) is 5.82 Å². The van der Waals surface area contributed by atoms with E-state index in [1.54, 1.807) is 0 Å². The molecular weight excluding hydrogens is 341 g/mol. The van der Waals surface area contributed by atoms with Crippen molar-refractivity contribution in [1.29, 1.82) is 0 Å². The molecule has 4 rings (SSSR count). The quantitative estimate of drug-likeness (QED) is 0.831. The molecule has 0 aromatic heterocycles. The summed E-state index contributed by atoms with van der Waals surface area (Å²) in [5.74, 6) is 0.0505. The van der Waals surface area contributed by atoms with Crippen LogP contribution in [0.2, 0.25) is 0 Å². The molecule has 2 aromatic rings. The molecule has 27 heavy (non-hydrogen) atoms. The van der Waals surface area contributed by atoms with Gasteiger partial charge in [0.1, 0.15) is 5.82 Å². The van der Waals surface area contributed by atoms with E-state index < -0.39 is 0 Å². The van der Waals surface area contributed by atoms with Gasteiger partial charge in [-0.2, -0.15) is 0 Å². The lowest BCUT2D eigenvalue weighted by Gasteiger charge is -2.38. The maximum Gasteiger partial charge on any atom is 0.240 e. The number of benzene rings is 2. The Hall–Kier alpha value is -2.40. The summed E-state index contributed by atoms with van der Waals surface area (Å²) in [5, 5.41) is 0. The number of nitrogens with zero attached hydrogens (tertiary/aromatic N) is 3. The highest BCUT2D eigenvalue weighted by Crippen LogP contribution is 2.23. The molecular formula is C22H26FN3O. The minimum atomic E-state index is -0.215. The molecule has 0 bridgehead atoms. The molecule has 0 N–H and O–H groups in total. The molecule has 5 heteroatoms. The third-order valence-electron chi connectivity index (χ3n) is 5.66. The SMILES string of the molecule is O=C(C1CCCN1Cc1ccccc1)N1CCN(c2ccc(F)cc2)CC1. The fraction of sp³-hybridized carbons (Fsp3) is 0.409. The largest absolute Gasteiger partial charge is 0.368 e. The Bertz CT molecular complexity index is 757. The fourth-order valence-corrected chi connectivity index (χ4v) is 4.16. The van der Waals surface area contributed by atoms with Crippen molar-refractivity contribution in [3.05, 3.63) is 66.0 Å². The van der Waals surface area contributed by atoms with E-state index >= 15 is 0 Å². The van der Waals surface area contributed by atoms with Crippen LogP contribution in [0.15, 0.2) is 54.6 Å². The van der Waals surface area contributed by atoms with E-state index in [4.69, 9.17) is 0 Å². The standard InChI is InChI=1S/C22H26FN3O/c23-19-8-10-20(11-9-19)24-13-15-25(16-14-24)22(27)21-7-4-12-26(21)17-18-5-2-1-3-6-18/h1-3,5-6,8-11,21H,4,7,12-17H2. The molecule has 0 radical (unpaired) electrons. The average molecular weight is 367 g/mol. The highest BCUT2D eigenvalue weighted by molar-refractivity contribution is 5.82. The van der Waals surface area contributed by atoms with Crippen LogP contribution in [0.5, 0.6) is 0 Å². The Morgan fingerprint density at radius 3 is 2.33 bits per heavy atom. The smallest absolute Gasteiger partial charge is 0.240 e. The molecule has 1 atom stereocenters. The monoisotopic (exact) mass is 367 g/mol. The average Bonchev–Trinajstić information content (AvgIpc) is 3.17. The van der Waals surface area contributed by atoms with Gasteiger partial charge in [0.25, 0.3) is 0 Å². The van der Waals surface area contributed by atoms with Crippen molar-refractivity contribution in [2.45, 2.75) is 25.4 Å². The van der Waals surface area contributed by atoms with Gasteiger partial charge in [0.05, 0.1) is 6.04 Å². The Labute approximate surface area is 160 Å². The van der Waals surface area contributed by atoms with E-state index in [1.165, 1.54) is 17.7 Å². The van der Waals surface area contributed by atoms with Gasteiger partial charge in [0.2, 0.25) is 5.91 Å². The summed E-state index contributed by atoms with van der Waals surface area (Å²) in [4.78, 5) is 19.7. The first-order chi connectivity index (χ1) is 13.2. The number of amides is 1. The minimum absolute atomic E-state index is 0.00239. The van der Waals surface area contributed by atoms with Gasteiger partial charge in [-0.05, 0) is 49.2 Å². The lowest BCUT2D eigenvalue weighted by atomic mass is 10.1. The first kappa shape index (κ1) is 18.0. The Balaban J connectivity index is 1.35. The van der Waals surface area contributed by atoms with Crippen LogP contribution < -0.4 is 4.90 Å². The van der Waals surface area contributed by atoms with Crippen LogP contribution in [-0.2, 0) is 11.3 Å². The molecule has 1 unspecified atom stereocenters. The second-order valence-corrected chi connectivity index (χ2v) is 7.40. The van der Waals surface area contributed by atoms with E-state index in [2.05, 4.69) is 34.1 Å². The van der Waals surface area contributed by atoms with Crippen molar-refractivity contribution in [2.24, 2.45) is 0 Å². The molecule has 142 valence electrons. The number of carbonyl (C=O) groups excluding carboxylic acids is 1. The van der Waals surface area contributed by atoms with Crippen LogP contribution in [0.3, 0.4) is 0 Å². The van der Waals surface area contributed by atoms with Crippen LogP contribution in [0.25, 0.3) is 0 Å². The van der Waals surface area contributed by atoms with Crippen molar-refractivity contribution in [3.8, 4) is 0 Å². The summed E-state index contributed by atoms with van der Waals surface area (Å²) in [5.41, 5.74) is 2.29. The zero-order valence-corrected chi connectivity index (χ0v) is 15.6. The normalized spacial score (nSPS) is 20.9. The third-order valence-corrected chi connectivity index (χ3v) is 5.66. The maximum absolute atomic E-state index is 13.1. The third kappa shape index (κ3) is 4.14. The highest BCUT2D eigenvalue weighted by atomic mass is 19.1. The summed E-state index contributed by atoms with van der Waals surface area (Å²) in [6.45, 7) is 4.87. The van der Waals surface area contributed by atoms with Gasteiger partial charge in [-0.15, -0.1) is 0 Å². The lowest BCUT2D eigenvalue weighted by Crippen LogP contribution is -2.53. The predicted octanol–water partition coefficient (Wildman–Crippen LogP) is 3.14. The van der Waals surface area contributed by atoms with Gasteiger partial charge in [0.15, 0.2) is 0 Å². The van der Waals surface area contributed by atoms with Gasteiger partial charge in [-0.25, -0.2) is 4.39 Å². The van der Waals surface area contributed by atoms with Crippen LogP contribution in [-0.4, -0.2) is 54.5 Å². The molecule has 2 aliphatic heterocycles. The van der Waals surface area contributed by atoms with Crippen LogP contribution in [0.4, 0.5) is 10.1 Å². The summed E-state index contributed by atoms with van der Waals surface area (Å²) in [6, 6.07) is 17.0. The second-order valence-electron chi connectivity index (χ2n) is 7.40. The van der Waals surface area contributed by atoms with Gasteiger partial charge >= 0.3 is 0 Å². The van der Waals surface area contributed by atoms with E-state index in [9.17, 15) is 9.18 Å². The topological polar surface area (TPSA) is 26.8 Å². The summed E-state index contributed by atoms with van der Waals surface area (Å²) in [6.07, 6.45) is 2.03. The molecule has 2 fully saturated rings. The predicted molar refractivity (Wildman–Crippen MR) is 105 cm³/mol. The molecule has 0 saturated carbocycles. The Morgan fingerprint density at radius 2 is 1.63 bits per heavy atom. The van der Waals surface area contributed by atoms with Crippen LogP contribution >= 0.6 is 0 Å². The lowest BCUT2D eigenvalue weighted by molar-refractivity contribution is -0.136. The highest BCUT2D eigenvalue weighted by Gasteiger charge is 2.34. The second kappa shape index (κ2) is 8.09. The van der Waals surface area contributed by atoms with E-state index in [-0.39, 0.29) is 17.8 Å². The molecule has 0 spiro atoms. The number of piperazine rings is 1. The Kier molecular flexibility index (Phi) is 5.39. The van der Waals surface area contributed by atoms with Gasteiger partial charge < -0.3 is 9.80 Å². The molecule has 2 aromatic carbocycles. The number of carbonyl (C=O) groups is 1. The number of rotatable bonds is 4. The molecule has 1 amide bonds.